The Morgan fingerprint density at radius 1 is 1.43 bits per heavy atom. The third-order valence-electron chi connectivity index (χ3n) is 4.30. The third-order valence-corrected chi connectivity index (χ3v) is 4.30. The van der Waals surface area contributed by atoms with Crippen molar-refractivity contribution in [2.24, 2.45) is 5.92 Å². The zero-order chi connectivity index (χ0) is 15.3. The van der Waals surface area contributed by atoms with Gasteiger partial charge in [0.15, 0.2) is 0 Å². The van der Waals surface area contributed by atoms with Crippen LogP contribution in [0.2, 0.25) is 0 Å². The number of amides is 1. The molecule has 2 unspecified atom stereocenters. The van der Waals surface area contributed by atoms with Crippen LogP contribution in [0.5, 0.6) is 5.75 Å². The molecule has 0 saturated heterocycles. The van der Waals surface area contributed by atoms with Crippen molar-refractivity contribution in [3.05, 3.63) is 29.8 Å². The summed E-state index contributed by atoms with van der Waals surface area (Å²) < 4.78 is 0. The first kappa shape index (κ1) is 15.8. The van der Waals surface area contributed by atoms with E-state index >= 15 is 0 Å². The van der Waals surface area contributed by atoms with Crippen molar-refractivity contribution in [3.8, 4) is 5.75 Å². The van der Waals surface area contributed by atoms with Gasteiger partial charge in [-0.1, -0.05) is 38.0 Å². The molecule has 0 spiro atoms. The molecule has 0 radical (unpaired) electrons. The van der Waals surface area contributed by atoms with Crippen molar-refractivity contribution in [1.82, 2.24) is 5.32 Å². The minimum absolute atomic E-state index is 0.0788. The Labute approximate surface area is 126 Å². The van der Waals surface area contributed by atoms with Crippen LogP contribution in [-0.4, -0.2) is 28.3 Å². The Morgan fingerprint density at radius 2 is 2.19 bits per heavy atom. The maximum atomic E-state index is 11.9. The van der Waals surface area contributed by atoms with Crippen molar-refractivity contribution >= 4 is 5.91 Å². The van der Waals surface area contributed by atoms with E-state index in [0.29, 0.717) is 25.3 Å². The van der Waals surface area contributed by atoms with Gasteiger partial charge in [-0.25, -0.2) is 0 Å². The van der Waals surface area contributed by atoms with E-state index in [4.69, 9.17) is 0 Å². The van der Waals surface area contributed by atoms with Crippen molar-refractivity contribution < 1.29 is 15.0 Å². The number of carbonyl (C=O) groups excluding carboxylic acids is 1. The number of para-hydroxylation sites is 1. The molecule has 21 heavy (non-hydrogen) atoms. The van der Waals surface area contributed by atoms with E-state index in [1.165, 1.54) is 0 Å². The van der Waals surface area contributed by atoms with Gasteiger partial charge in [0.1, 0.15) is 5.75 Å². The standard InChI is InChI=1S/C17H25NO3/c1-13-5-4-10-17(21,11-13)12-18-16(20)9-8-14-6-2-3-7-15(14)19/h2-3,6-7,13,19,21H,4-5,8-12H2,1H3,(H,18,20). The highest BCUT2D eigenvalue weighted by atomic mass is 16.3. The summed E-state index contributed by atoms with van der Waals surface area (Å²) in [5.41, 5.74) is 0.0278. The number of aryl methyl sites for hydroxylation is 1. The van der Waals surface area contributed by atoms with Crippen LogP contribution in [0, 0.1) is 5.92 Å². The van der Waals surface area contributed by atoms with Gasteiger partial charge in [0, 0.05) is 13.0 Å². The number of aromatic hydroxyl groups is 1. The van der Waals surface area contributed by atoms with E-state index in [2.05, 4.69) is 12.2 Å². The molecule has 1 aromatic rings. The summed E-state index contributed by atoms with van der Waals surface area (Å²) in [4.78, 5) is 11.9. The fraction of sp³-hybridized carbons (Fsp3) is 0.588. The van der Waals surface area contributed by atoms with Gasteiger partial charge < -0.3 is 15.5 Å². The Balaban J connectivity index is 1.76. The second-order valence-electron chi connectivity index (χ2n) is 6.33. The summed E-state index contributed by atoms with van der Waals surface area (Å²) in [7, 11) is 0. The van der Waals surface area contributed by atoms with Crippen LogP contribution in [-0.2, 0) is 11.2 Å². The van der Waals surface area contributed by atoms with E-state index in [0.717, 1.165) is 31.2 Å². The molecule has 1 saturated carbocycles. The molecule has 1 fully saturated rings. The zero-order valence-corrected chi connectivity index (χ0v) is 12.6. The van der Waals surface area contributed by atoms with Crippen LogP contribution in [0.15, 0.2) is 24.3 Å². The summed E-state index contributed by atoms with van der Waals surface area (Å²) in [6.07, 6.45) is 4.52. The number of carbonyl (C=O) groups is 1. The molecule has 1 aliphatic rings. The Hall–Kier alpha value is -1.55. The van der Waals surface area contributed by atoms with Gasteiger partial charge >= 0.3 is 0 Å². The largest absolute Gasteiger partial charge is 0.508 e. The molecule has 0 heterocycles. The molecule has 4 heteroatoms. The number of phenols is 1. The summed E-state index contributed by atoms with van der Waals surface area (Å²) in [5, 5.41) is 23.0. The monoisotopic (exact) mass is 291 g/mol. The molecule has 1 aliphatic carbocycles. The zero-order valence-electron chi connectivity index (χ0n) is 12.6. The lowest BCUT2D eigenvalue weighted by atomic mass is 9.79. The molecule has 4 nitrogen and oxygen atoms in total. The molecule has 1 amide bonds. The number of hydrogen-bond donors (Lipinski definition) is 3. The number of rotatable bonds is 5. The Morgan fingerprint density at radius 3 is 2.90 bits per heavy atom. The summed E-state index contributed by atoms with van der Waals surface area (Å²) >= 11 is 0. The Bertz CT molecular complexity index is 489. The second kappa shape index (κ2) is 6.94. The van der Waals surface area contributed by atoms with Crippen LogP contribution in [0.4, 0.5) is 0 Å². The summed E-state index contributed by atoms with van der Waals surface area (Å²) in [5.74, 6) is 0.664. The molecule has 116 valence electrons. The van der Waals surface area contributed by atoms with Crippen molar-refractivity contribution in [2.45, 2.75) is 51.0 Å². The van der Waals surface area contributed by atoms with Gasteiger partial charge in [-0.3, -0.25) is 4.79 Å². The number of aliphatic hydroxyl groups is 1. The third kappa shape index (κ3) is 4.74. The fourth-order valence-electron chi connectivity index (χ4n) is 3.11. The van der Waals surface area contributed by atoms with Gasteiger partial charge in [-0.05, 0) is 36.8 Å². The van der Waals surface area contributed by atoms with Gasteiger partial charge in [0.2, 0.25) is 5.91 Å². The fourth-order valence-corrected chi connectivity index (χ4v) is 3.11. The van der Waals surface area contributed by atoms with Crippen LogP contribution >= 0.6 is 0 Å². The number of hydrogen-bond acceptors (Lipinski definition) is 3. The number of phenolic OH excluding ortho intramolecular Hbond substituents is 1. The SMILES string of the molecule is CC1CCCC(O)(CNC(=O)CCc2ccccc2O)C1. The lowest BCUT2D eigenvalue weighted by Crippen LogP contribution is -2.45. The van der Waals surface area contributed by atoms with Gasteiger partial charge in [0.25, 0.3) is 0 Å². The van der Waals surface area contributed by atoms with Crippen LogP contribution in [0.25, 0.3) is 0 Å². The van der Waals surface area contributed by atoms with E-state index in [1.807, 2.05) is 12.1 Å². The van der Waals surface area contributed by atoms with Crippen LogP contribution in [0.3, 0.4) is 0 Å². The predicted molar refractivity (Wildman–Crippen MR) is 82.0 cm³/mol. The topological polar surface area (TPSA) is 69.6 Å². The molecule has 2 atom stereocenters. The average Bonchev–Trinajstić information content (AvgIpc) is 2.44. The van der Waals surface area contributed by atoms with Crippen LogP contribution in [0.1, 0.15) is 44.6 Å². The lowest BCUT2D eigenvalue weighted by molar-refractivity contribution is -0.122. The summed E-state index contributed by atoms with van der Waals surface area (Å²) in [6, 6.07) is 7.05. The first-order valence-electron chi connectivity index (χ1n) is 7.74. The maximum absolute atomic E-state index is 11.9. The summed E-state index contributed by atoms with van der Waals surface area (Å²) in [6.45, 7) is 2.47. The molecule has 0 bridgehead atoms. The van der Waals surface area contributed by atoms with Crippen molar-refractivity contribution in [2.75, 3.05) is 6.54 Å². The maximum Gasteiger partial charge on any atom is 0.220 e. The minimum Gasteiger partial charge on any atom is -0.508 e. The van der Waals surface area contributed by atoms with Gasteiger partial charge in [0.05, 0.1) is 5.60 Å². The molecule has 3 N–H and O–H groups in total. The molecular formula is C17H25NO3. The quantitative estimate of drug-likeness (QED) is 0.780. The normalized spacial score (nSPS) is 25.5. The molecule has 0 aliphatic heterocycles. The van der Waals surface area contributed by atoms with E-state index in [9.17, 15) is 15.0 Å². The highest BCUT2D eigenvalue weighted by Gasteiger charge is 2.32. The first-order valence-corrected chi connectivity index (χ1v) is 7.74. The van der Waals surface area contributed by atoms with E-state index < -0.39 is 5.60 Å². The molecule has 1 aromatic carbocycles. The number of nitrogens with one attached hydrogen (secondary N) is 1. The molecule has 2 rings (SSSR count). The van der Waals surface area contributed by atoms with Crippen molar-refractivity contribution in [1.29, 1.82) is 0 Å². The second-order valence-corrected chi connectivity index (χ2v) is 6.33. The first-order chi connectivity index (χ1) is 9.98. The highest BCUT2D eigenvalue weighted by Crippen LogP contribution is 2.31. The molecule has 0 aromatic heterocycles. The Kier molecular flexibility index (Phi) is 5.23. The predicted octanol–water partition coefficient (Wildman–Crippen LogP) is 2.38. The van der Waals surface area contributed by atoms with E-state index in [1.54, 1.807) is 12.1 Å². The minimum atomic E-state index is -0.748. The molecular weight excluding hydrogens is 266 g/mol. The van der Waals surface area contributed by atoms with Gasteiger partial charge in [-0.2, -0.15) is 0 Å². The van der Waals surface area contributed by atoms with Crippen LogP contribution < -0.4 is 5.32 Å². The average molecular weight is 291 g/mol. The smallest absolute Gasteiger partial charge is 0.220 e. The number of benzene rings is 1. The van der Waals surface area contributed by atoms with Crippen molar-refractivity contribution in [3.63, 3.8) is 0 Å². The van der Waals surface area contributed by atoms with E-state index in [-0.39, 0.29) is 11.7 Å². The lowest BCUT2D eigenvalue weighted by Gasteiger charge is -2.35. The highest BCUT2D eigenvalue weighted by molar-refractivity contribution is 5.76. The van der Waals surface area contributed by atoms with Gasteiger partial charge in [-0.15, -0.1) is 0 Å².